The lowest BCUT2D eigenvalue weighted by atomic mass is 10.1. The van der Waals surface area contributed by atoms with E-state index in [1.807, 2.05) is 6.07 Å². The van der Waals surface area contributed by atoms with Crippen LogP contribution >= 0.6 is 0 Å². The van der Waals surface area contributed by atoms with E-state index in [2.05, 4.69) is 22.8 Å². The van der Waals surface area contributed by atoms with E-state index in [0.717, 1.165) is 31.1 Å². The SMILES string of the molecule is c1cc2c(cc1CNC1CCCNC1)OCCO2. The molecule has 3 rings (SSSR count). The highest BCUT2D eigenvalue weighted by atomic mass is 16.6. The van der Waals surface area contributed by atoms with Crippen LogP contribution in [0.2, 0.25) is 0 Å². The Labute approximate surface area is 108 Å². The minimum absolute atomic E-state index is 0.590. The fourth-order valence-electron chi connectivity index (χ4n) is 2.49. The number of nitrogens with one attached hydrogen (secondary N) is 2. The molecule has 0 aromatic heterocycles. The maximum Gasteiger partial charge on any atom is 0.161 e. The minimum atomic E-state index is 0.590. The van der Waals surface area contributed by atoms with Crippen molar-refractivity contribution in [3.05, 3.63) is 23.8 Å². The maximum absolute atomic E-state index is 5.59. The van der Waals surface area contributed by atoms with Crippen molar-refractivity contribution >= 4 is 0 Å². The highest BCUT2D eigenvalue weighted by Crippen LogP contribution is 2.30. The molecule has 4 heteroatoms. The van der Waals surface area contributed by atoms with Crippen molar-refractivity contribution < 1.29 is 9.47 Å². The second kappa shape index (κ2) is 5.59. The summed E-state index contributed by atoms with van der Waals surface area (Å²) in [6.45, 7) is 4.42. The van der Waals surface area contributed by atoms with Crippen LogP contribution in [0.15, 0.2) is 18.2 Å². The standard InChI is InChI=1S/C14H20N2O2/c1-2-12(10-15-5-1)16-9-11-3-4-13-14(8-11)18-7-6-17-13/h3-4,8,12,15-16H,1-2,5-7,9-10H2. The van der Waals surface area contributed by atoms with Gasteiger partial charge in [-0.1, -0.05) is 6.07 Å². The van der Waals surface area contributed by atoms with E-state index in [4.69, 9.17) is 9.47 Å². The quantitative estimate of drug-likeness (QED) is 0.846. The Balaban J connectivity index is 1.58. The van der Waals surface area contributed by atoms with Crippen LogP contribution < -0.4 is 20.1 Å². The van der Waals surface area contributed by atoms with E-state index < -0.39 is 0 Å². The first-order valence-electron chi connectivity index (χ1n) is 6.74. The molecule has 2 aliphatic heterocycles. The highest BCUT2D eigenvalue weighted by molar-refractivity contribution is 5.43. The average Bonchev–Trinajstić information content (AvgIpc) is 2.46. The normalized spacial score (nSPS) is 22.8. The molecule has 0 bridgehead atoms. The van der Waals surface area contributed by atoms with Crippen LogP contribution in [0.1, 0.15) is 18.4 Å². The smallest absolute Gasteiger partial charge is 0.161 e. The molecule has 1 fully saturated rings. The van der Waals surface area contributed by atoms with Crippen LogP contribution in [0.5, 0.6) is 11.5 Å². The van der Waals surface area contributed by atoms with Crippen LogP contribution in [-0.2, 0) is 6.54 Å². The summed E-state index contributed by atoms with van der Waals surface area (Å²) >= 11 is 0. The van der Waals surface area contributed by atoms with Crippen LogP contribution in [0, 0.1) is 0 Å². The number of ether oxygens (including phenoxy) is 2. The van der Waals surface area contributed by atoms with Gasteiger partial charge in [-0.25, -0.2) is 0 Å². The third-order valence-electron chi connectivity index (χ3n) is 3.50. The molecule has 0 spiro atoms. The Bertz CT molecular complexity index is 403. The first-order valence-corrected chi connectivity index (χ1v) is 6.74. The third kappa shape index (κ3) is 2.76. The lowest BCUT2D eigenvalue weighted by Gasteiger charge is -2.24. The van der Waals surface area contributed by atoms with Crippen LogP contribution in [0.25, 0.3) is 0 Å². The summed E-state index contributed by atoms with van der Waals surface area (Å²) in [4.78, 5) is 0. The number of piperidine rings is 1. The molecule has 2 aliphatic rings. The molecular formula is C14H20N2O2. The zero-order valence-electron chi connectivity index (χ0n) is 10.6. The van der Waals surface area contributed by atoms with Crippen LogP contribution in [0.4, 0.5) is 0 Å². The Morgan fingerprint density at radius 2 is 2.11 bits per heavy atom. The molecule has 1 atom stereocenters. The predicted molar refractivity (Wildman–Crippen MR) is 70.2 cm³/mol. The molecule has 0 saturated carbocycles. The zero-order valence-corrected chi connectivity index (χ0v) is 10.6. The first-order chi connectivity index (χ1) is 8.92. The number of hydrogen-bond donors (Lipinski definition) is 2. The van der Waals surface area contributed by atoms with Gasteiger partial charge in [-0.15, -0.1) is 0 Å². The molecule has 1 aromatic rings. The maximum atomic E-state index is 5.59. The van der Waals surface area contributed by atoms with Gasteiger partial charge in [0.25, 0.3) is 0 Å². The summed E-state index contributed by atoms with van der Waals surface area (Å²) < 4.78 is 11.1. The van der Waals surface area contributed by atoms with Gasteiger partial charge in [0.05, 0.1) is 0 Å². The monoisotopic (exact) mass is 248 g/mol. The summed E-state index contributed by atoms with van der Waals surface area (Å²) in [6, 6.07) is 6.78. The second-order valence-corrected chi connectivity index (χ2v) is 4.90. The lowest BCUT2D eigenvalue weighted by Crippen LogP contribution is -2.42. The van der Waals surface area contributed by atoms with Crippen molar-refractivity contribution in [2.45, 2.75) is 25.4 Å². The molecule has 1 aromatic carbocycles. The molecule has 1 unspecified atom stereocenters. The van der Waals surface area contributed by atoms with Gasteiger partial charge in [-0.05, 0) is 37.1 Å². The molecule has 0 amide bonds. The summed E-state index contributed by atoms with van der Waals surface area (Å²) in [6.07, 6.45) is 2.52. The number of hydrogen-bond acceptors (Lipinski definition) is 4. The Hall–Kier alpha value is -1.26. The van der Waals surface area contributed by atoms with E-state index in [0.29, 0.717) is 19.3 Å². The fraction of sp³-hybridized carbons (Fsp3) is 0.571. The molecule has 0 radical (unpaired) electrons. The van der Waals surface area contributed by atoms with Crippen LogP contribution in [-0.4, -0.2) is 32.3 Å². The largest absolute Gasteiger partial charge is 0.486 e. The molecule has 0 aliphatic carbocycles. The third-order valence-corrected chi connectivity index (χ3v) is 3.50. The molecule has 18 heavy (non-hydrogen) atoms. The van der Waals surface area contributed by atoms with Gasteiger partial charge in [-0.3, -0.25) is 0 Å². The van der Waals surface area contributed by atoms with E-state index in [-0.39, 0.29) is 0 Å². The summed E-state index contributed by atoms with van der Waals surface area (Å²) in [7, 11) is 0. The first kappa shape index (κ1) is 11.8. The number of benzene rings is 1. The molecule has 2 N–H and O–H groups in total. The van der Waals surface area contributed by atoms with E-state index in [9.17, 15) is 0 Å². The van der Waals surface area contributed by atoms with Gasteiger partial charge < -0.3 is 20.1 Å². The Morgan fingerprint density at radius 1 is 1.22 bits per heavy atom. The van der Waals surface area contributed by atoms with Gasteiger partial charge in [0.1, 0.15) is 13.2 Å². The summed E-state index contributed by atoms with van der Waals surface area (Å²) in [5.74, 6) is 1.74. The van der Waals surface area contributed by atoms with Gasteiger partial charge >= 0.3 is 0 Å². The molecule has 2 heterocycles. The van der Waals surface area contributed by atoms with Crippen molar-refractivity contribution in [1.82, 2.24) is 10.6 Å². The van der Waals surface area contributed by atoms with E-state index >= 15 is 0 Å². The Kier molecular flexibility index (Phi) is 3.67. The average molecular weight is 248 g/mol. The topological polar surface area (TPSA) is 42.5 Å². The summed E-state index contributed by atoms with van der Waals surface area (Å²) in [5, 5.41) is 7.00. The molecule has 1 saturated heterocycles. The zero-order chi connectivity index (χ0) is 12.2. The molecule has 4 nitrogen and oxygen atoms in total. The van der Waals surface area contributed by atoms with Gasteiger partial charge in [0.15, 0.2) is 11.5 Å². The number of rotatable bonds is 3. The van der Waals surface area contributed by atoms with Crippen molar-refractivity contribution in [3.63, 3.8) is 0 Å². The van der Waals surface area contributed by atoms with Gasteiger partial charge in [-0.2, -0.15) is 0 Å². The lowest BCUT2D eigenvalue weighted by molar-refractivity contribution is 0.171. The van der Waals surface area contributed by atoms with Crippen molar-refractivity contribution in [2.75, 3.05) is 26.3 Å². The van der Waals surface area contributed by atoms with Gasteiger partial charge in [0.2, 0.25) is 0 Å². The minimum Gasteiger partial charge on any atom is -0.486 e. The van der Waals surface area contributed by atoms with Crippen molar-refractivity contribution in [1.29, 1.82) is 0 Å². The number of fused-ring (bicyclic) bond motifs is 1. The van der Waals surface area contributed by atoms with E-state index in [1.54, 1.807) is 0 Å². The van der Waals surface area contributed by atoms with Gasteiger partial charge in [0, 0.05) is 19.1 Å². The van der Waals surface area contributed by atoms with Crippen molar-refractivity contribution in [2.24, 2.45) is 0 Å². The summed E-state index contributed by atoms with van der Waals surface area (Å²) in [5.41, 5.74) is 1.25. The predicted octanol–water partition coefficient (Wildman–Crippen LogP) is 1.30. The van der Waals surface area contributed by atoms with E-state index in [1.165, 1.54) is 18.4 Å². The molecular weight excluding hydrogens is 228 g/mol. The van der Waals surface area contributed by atoms with Crippen LogP contribution in [0.3, 0.4) is 0 Å². The fourth-order valence-corrected chi connectivity index (χ4v) is 2.49. The molecule has 98 valence electrons. The Morgan fingerprint density at radius 3 is 2.94 bits per heavy atom. The second-order valence-electron chi connectivity index (χ2n) is 4.90. The highest BCUT2D eigenvalue weighted by Gasteiger charge is 2.14. The van der Waals surface area contributed by atoms with Crippen molar-refractivity contribution in [3.8, 4) is 11.5 Å².